The van der Waals surface area contributed by atoms with Gasteiger partial charge < -0.3 is 0 Å². The molecule has 0 spiro atoms. The minimum absolute atomic E-state index is 0.549. The lowest BCUT2D eigenvalue weighted by atomic mass is 10.4. The summed E-state index contributed by atoms with van der Waals surface area (Å²) in [6.07, 6.45) is 1.65. The van der Waals surface area contributed by atoms with Gasteiger partial charge in [0.15, 0.2) is 0 Å². The minimum atomic E-state index is -2.83. The quantitative estimate of drug-likeness (QED) is 0.760. The van der Waals surface area contributed by atoms with Crippen molar-refractivity contribution in [1.82, 2.24) is 0 Å². The van der Waals surface area contributed by atoms with Gasteiger partial charge in [-0.3, -0.25) is 0 Å². The first kappa shape index (κ1) is 11.4. The van der Waals surface area contributed by atoms with Gasteiger partial charge >= 0.3 is 0 Å². The number of nitriles is 1. The first-order valence-electron chi connectivity index (χ1n) is 5.03. The van der Waals surface area contributed by atoms with Crippen molar-refractivity contribution >= 4 is 9.73 Å². The molecule has 0 unspecified atom stereocenters. The Hall–Kier alpha value is -2.12. The van der Waals surface area contributed by atoms with Gasteiger partial charge in [0.1, 0.15) is 9.73 Å². The maximum absolute atomic E-state index is 12.8. The van der Waals surface area contributed by atoms with Crippen LogP contribution >= 0.6 is 0 Å². The van der Waals surface area contributed by atoms with E-state index in [1.54, 1.807) is 54.7 Å². The van der Waals surface area contributed by atoms with E-state index in [9.17, 15) is 4.21 Å². The van der Waals surface area contributed by atoms with Crippen LogP contribution in [0.25, 0.3) is 0 Å². The third-order valence-electron chi connectivity index (χ3n) is 2.29. The molecule has 0 aliphatic rings. The first-order valence-corrected chi connectivity index (χ1v) is 6.54. The standard InChI is InChI=1S/C13H10N2OS/c14-11-15-17(16,12-7-3-1-4-8-12)13-9-5-2-6-10-13/h1-10H. The van der Waals surface area contributed by atoms with Crippen LogP contribution in [0.3, 0.4) is 0 Å². The lowest BCUT2D eigenvalue weighted by molar-refractivity contribution is 0.677. The molecule has 2 rings (SSSR count). The van der Waals surface area contributed by atoms with Crippen LogP contribution < -0.4 is 0 Å². The van der Waals surface area contributed by atoms with Crippen molar-refractivity contribution < 1.29 is 4.21 Å². The summed E-state index contributed by atoms with van der Waals surface area (Å²) in [6.45, 7) is 0. The highest BCUT2D eigenvalue weighted by molar-refractivity contribution is 7.93. The number of hydrogen-bond acceptors (Lipinski definition) is 3. The van der Waals surface area contributed by atoms with Crippen molar-refractivity contribution in [3.63, 3.8) is 0 Å². The smallest absolute Gasteiger partial charge is 0.215 e. The maximum atomic E-state index is 12.8. The highest BCUT2D eigenvalue weighted by Crippen LogP contribution is 2.22. The Labute approximate surface area is 101 Å². The van der Waals surface area contributed by atoms with Gasteiger partial charge in [-0.25, -0.2) is 4.21 Å². The predicted molar refractivity (Wildman–Crippen MR) is 65.6 cm³/mol. The van der Waals surface area contributed by atoms with Gasteiger partial charge in [0.05, 0.1) is 9.79 Å². The second-order valence-corrected chi connectivity index (χ2v) is 5.52. The van der Waals surface area contributed by atoms with E-state index in [1.165, 1.54) is 0 Å². The van der Waals surface area contributed by atoms with E-state index in [0.717, 1.165) is 0 Å². The summed E-state index contributed by atoms with van der Waals surface area (Å²) in [4.78, 5) is 1.10. The Morgan fingerprint density at radius 1 is 0.882 bits per heavy atom. The molecule has 0 aliphatic carbocycles. The van der Waals surface area contributed by atoms with E-state index in [-0.39, 0.29) is 0 Å². The van der Waals surface area contributed by atoms with Gasteiger partial charge in [-0.15, -0.1) is 4.36 Å². The topological polar surface area (TPSA) is 53.2 Å². The van der Waals surface area contributed by atoms with Gasteiger partial charge in [0.2, 0.25) is 6.19 Å². The van der Waals surface area contributed by atoms with Crippen LogP contribution in [0.2, 0.25) is 0 Å². The Kier molecular flexibility index (Phi) is 3.22. The normalized spacial score (nSPS) is 10.5. The SMILES string of the molecule is N#CN=S(=O)(c1ccccc1)c1ccccc1. The summed E-state index contributed by atoms with van der Waals surface area (Å²) in [5, 5.41) is 8.73. The molecule has 0 fully saturated rings. The zero-order valence-corrected chi connectivity index (χ0v) is 9.80. The summed E-state index contributed by atoms with van der Waals surface area (Å²) >= 11 is 0. The van der Waals surface area contributed by atoms with Crippen LogP contribution in [-0.4, -0.2) is 4.21 Å². The number of benzene rings is 2. The Balaban J connectivity index is 2.71. The Morgan fingerprint density at radius 2 is 1.29 bits per heavy atom. The molecule has 3 nitrogen and oxygen atoms in total. The third kappa shape index (κ3) is 2.19. The average Bonchev–Trinajstić information content (AvgIpc) is 2.41. The highest BCUT2D eigenvalue weighted by Gasteiger charge is 2.14. The van der Waals surface area contributed by atoms with Crippen LogP contribution in [0, 0.1) is 11.5 Å². The van der Waals surface area contributed by atoms with Crippen molar-refractivity contribution in [2.45, 2.75) is 9.79 Å². The lowest BCUT2D eigenvalue weighted by Crippen LogP contribution is -2.01. The van der Waals surface area contributed by atoms with E-state index in [1.807, 2.05) is 12.1 Å². The molecule has 0 N–H and O–H groups in total. The Bertz CT molecular complexity index is 605. The first-order chi connectivity index (χ1) is 8.27. The summed E-state index contributed by atoms with van der Waals surface area (Å²) in [6, 6.07) is 17.7. The molecule has 0 radical (unpaired) electrons. The van der Waals surface area contributed by atoms with E-state index >= 15 is 0 Å². The number of nitrogens with zero attached hydrogens (tertiary/aromatic N) is 2. The lowest BCUT2D eigenvalue weighted by Gasteiger charge is -2.07. The molecule has 2 aromatic carbocycles. The van der Waals surface area contributed by atoms with Crippen molar-refractivity contribution in [3.05, 3.63) is 60.7 Å². The van der Waals surface area contributed by atoms with Crippen molar-refractivity contribution in [2.24, 2.45) is 4.36 Å². The molecule has 0 aromatic heterocycles. The molecule has 0 heterocycles. The molecule has 0 saturated carbocycles. The molecule has 84 valence electrons. The van der Waals surface area contributed by atoms with Gasteiger partial charge in [0, 0.05) is 0 Å². The second kappa shape index (κ2) is 4.81. The van der Waals surface area contributed by atoms with Crippen LogP contribution in [0.4, 0.5) is 0 Å². The summed E-state index contributed by atoms with van der Waals surface area (Å²) in [5.41, 5.74) is 0. The summed E-state index contributed by atoms with van der Waals surface area (Å²) in [5.74, 6) is 0. The van der Waals surface area contributed by atoms with Crippen molar-refractivity contribution in [2.75, 3.05) is 0 Å². The van der Waals surface area contributed by atoms with E-state index in [0.29, 0.717) is 9.79 Å². The Morgan fingerprint density at radius 3 is 1.65 bits per heavy atom. The summed E-state index contributed by atoms with van der Waals surface area (Å²) < 4.78 is 16.4. The van der Waals surface area contributed by atoms with E-state index in [2.05, 4.69) is 4.36 Å². The highest BCUT2D eigenvalue weighted by atomic mass is 32.2. The maximum Gasteiger partial charge on any atom is 0.215 e. The van der Waals surface area contributed by atoms with Crippen LogP contribution in [0.15, 0.2) is 74.8 Å². The van der Waals surface area contributed by atoms with Crippen molar-refractivity contribution in [3.8, 4) is 6.19 Å². The monoisotopic (exact) mass is 242 g/mol. The van der Waals surface area contributed by atoms with Crippen molar-refractivity contribution in [1.29, 1.82) is 5.26 Å². The fourth-order valence-electron chi connectivity index (χ4n) is 1.51. The van der Waals surface area contributed by atoms with Crippen LogP contribution in [0.5, 0.6) is 0 Å². The van der Waals surface area contributed by atoms with Crippen LogP contribution in [0.1, 0.15) is 0 Å². The largest absolute Gasteiger partial charge is 0.239 e. The number of rotatable bonds is 2. The fourth-order valence-corrected chi connectivity index (χ4v) is 3.16. The molecule has 2 aromatic rings. The zero-order chi connectivity index (χ0) is 12.1. The van der Waals surface area contributed by atoms with Gasteiger partial charge in [-0.1, -0.05) is 36.4 Å². The summed E-state index contributed by atoms with van der Waals surface area (Å²) in [7, 11) is -2.83. The third-order valence-corrected chi connectivity index (χ3v) is 4.46. The predicted octanol–water partition coefficient (Wildman–Crippen LogP) is 3.05. The second-order valence-electron chi connectivity index (χ2n) is 3.34. The van der Waals surface area contributed by atoms with Gasteiger partial charge in [-0.05, 0) is 24.3 Å². The molecule has 0 saturated heterocycles. The van der Waals surface area contributed by atoms with Crippen LogP contribution in [-0.2, 0) is 9.73 Å². The molecule has 0 aliphatic heterocycles. The minimum Gasteiger partial charge on any atom is -0.239 e. The molecular weight excluding hydrogens is 232 g/mol. The average molecular weight is 242 g/mol. The molecule has 0 bridgehead atoms. The zero-order valence-electron chi connectivity index (χ0n) is 8.98. The molecule has 4 heteroatoms. The molecule has 0 amide bonds. The molecule has 17 heavy (non-hydrogen) atoms. The van der Waals surface area contributed by atoms with Gasteiger partial charge in [0.25, 0.3) is 0 Å². The van der Waals surface area contributed by atoms with Gasteiger partial charge in [-0.2, -0.15) is 5.26 Å². The van der Waals surface area contributed by atoms with E-state index in [4.69, 9.17) is 5.26 Å². The number of hydrogen-bond donors (Lipinski definition) is 0. The van der Waals surface area contributed by atoms with E-state index < -0.39 is 9.73 Å². The molecular formula is C13H10N2OS. The fraction of sp³-hybridized carbons (Fsp3) is 0. The molecule has 0 atom stereocenters.